The first-order chi connectivity index (χ1) is 9.17. The summed E-state index contributed by atoms with van der Waals surface area (Å²) >= 11 is 0. The highest BCUT2D eigenvalue weighted by molar-refractivity contribution is 5.84. The Hall–Kier alpha value is -1.78. The predicted octanol–water partition coefficient (Wildman–Crippen LogP) is 3.20. The van der Waals surface area contributed by atoms with Crippen LogP contribution in [0.3, 0.4) is 0 Å². The van der Waals surface area contributed by atoms with Gasteiger partial charge in [0.05, 0.1) is 6.42 Å². The molecular formula is C15H18F2O3. The molecule has 1 rings (SSSR count). The van der Waals surface area contributed by atoms with Gasteiger partial charge in [0, 0.05) is 18.9 Å². The van der Waals surface area contributed by atoms with E-state index in [1.807, 2.05) is 0 Å². The summed E-state index contributed by atoms with van der Waals surface area (Å²) in [4.78, 5) is 23.1. The lowest BCUT2D eigenvalue weighted by molar-refractivity contribution is -0.155. The van der Waals surface area contributed by atoms with Crippen molar-refractivity contribution in [1.29, 1.82) is 0 Å². The molecule has 0 heterocycles. The largest absolute Gasteiger partial charge is 0.460 e. The van der Waals surface area contributed by atoms with Gasteiger partial charge in [0.25, 0.3) is 0 Å². The van der Waals surface area contributed by atoms with Crippen molar-refractivity contribution in [1.82, 2.24) is 0 Å². The highest BCUT2D eigenvalue weighted by atomic mass is 19.1. The molecule has 0 aliphatic carbocycles. The van der Waals surface area contributed by atoms with Crippen LogP contribution in [0.5, 0.6) is 0 Å². The van der Waals surface area contributed by atoms with Crippen molar-refractivity contribution in [2.75, 3.05) is 0 Å². The second kappa shape index (κ2) is 6.59. The fraction of sp³-hybridized carbons (Fsp3) is 0.467. The molecule has 110 valence electrons. The van der Waals surface area contributed by atoms with Crippen LogP contribution in [-0.4, -0.2) is 17.4 Å². The standard InChI is InChI=1S/C15H18F2O3/c1-15(2,3)20-14(19)7-6-12(18)8-10-4-5-11(16)9-13(10)17/h4-5,9H,6-8H2,1-3H3. The van der Waals surface area contributed by atoms with Crippen LogP contribution in [0.15, 0.2) is 18.2 Å². The molecule has 20 heavy (non-hydrogen) atoms. The van der Waals surface area contributed by atoms with Crippen molar-refractivity contribution in [3.8, 4) is 0 Å². The Morgan fingerprint density at radius 2 is 1.80 bits per heavy atom. The molecule has 1 aromatic rings. The van der Waals surface area contributed by atoms with Gasteiger partial charge in [-0.1, -0.05) is 6.07 Å². The first-order valence-electron chi connectivity index (χ1n) is 6.35. The Kier molecular flexibility index (Phi) is 5.36. The zero-order valence-electron chi connectivity index (χ0n) is 11.8. The fourth-order valence-electron chi connectivity index (χ4n) is 1.60. The number of ether oxygens (including phenoxy) is 1. The second-order valence-corrected chi connectivity index (χ2v) is 5.54. The first-order valence-corrected chi connectivity index (χ1v) is 6.35. The van der Waals surface area contributed by atoms with Crippen LogP contribution in [0.25, 0.3) is 0 Å². The van der Waals surface area contributed by atoms with E-state index in [0.29, 0.717) is 0 Å². The van der Waals surface area contributed by atoms with Crippen LogP contribution in [0, 0.1) is 11.6 Å². The van der Waals surface area contributed by atoms with E-state index >= 15 is 0 Å². The van der Waals surface area contributed by atoms with Gasteiger partial charge in [-0.05, 0) is 32.4 Å². The molecule has 0 radical (unpaired) electrons. The van der Waals surface area contributed by atoms with E-state index in [4.69, 9.17) is 4.74 Å². The quantitative estimate of drug-likeness (QED) is 0.780. The molecule has 0 spiro atoms. The van der Waals surface area contributed by atoms with Crippen molar-refractivity contribution in [3.63, 3.8) is 0 Å². The Bertz CT molecular complexity index is 504. The zero-order chi connectivity index (χ0) is 15.3. The van der Waals surface area contributed by atoms with Gasteiger partial charge < -0.3 is 4.74 Å². The van der Waals surface area contributed by atoms with Gasteiger partial charge in [-0.25, -0.2) is 8.78 Å². The molecule has 0 aromatic heterocycles. The van der Waals surface area contributed by atoms with Crippen LogP contribution in [0.2, 0.25) is 0 Å². The van der Waals surface area contributed by atoms with Crippen LogP contribution in [0.1, 0.15) is 39.2 Å². The normalized spacial score (nSPS) is 11.2. The lowest BCUT2D eigenvalue weighted by atomic mass is 10.1. The SMILES string of the molecule is CC(C)(C)OC(=O)CCC(=O)Cc1ccc(F)cc1F. The lowest BCUT2D eigenvalue weighted by Gasteiger charge is -2.19. The number of esters is 1. The summed E-state index contributed by atoms with van der Waals surface area (Å²) in [5, 5.41) is 0. The van der Waals surface area contributed by atoms with Gasteiger partial charge in [-0.2, -0.15) is 0 Å². The van der Waals surface area contributed by atoms with E-state index < -0.39 is 23.2 Å². The van der Waals surface area contributed by atoms with Gasteiger partial charge in [-0.15, -0.1) is 0 Å². The average molecular weight is 284 g/mol. The van der Waals surface area contributed by atoms with E-state index in [0.717, 1.165) is 12.1 Å². The number of hydrogen-bond donors (Lipinski definition) is 0. The molecule has 0 aliphatic rings. The average Bonchev–Trinajstić information content (AvgIpc) is 2.28. The Morgan fingerprint density at radius 3 is 2.35 bits per heavy atom. The summed E-state index contributed by atoms with van der Waals surface area (Å²) in [6.07, 6.45) is -0.223. The number of ketones is 1. The first kappa shape index (κ1) is 16.3. The number of benzene rings is 1. The molecule has 0 atom stereocenters. The number of carbonyl (C=O) groups excluding carboxylic acids is 2. The van der Waals surface area contributed by atoms with Crippen LogP contribution in [-0.2, 0) is 20.7 Å². The third kappa shape index (κ3) is 5.91. The van der Waals surface area contributed by atoms with Crippen molar-refractivity contribution < 1.29 is 23.1 Å². The number of Topliss-reactive ketones (excluding diaryl/α,β-unsaturated/α-hetero) is 1. The molecule has 0 N–H and O–H groups in total. The lowest BCUT2D eigenvalue weighted by Crippen LogP contribution is -2.24. The third-order valence-electron chi connectivity index (χ3n) is 2.43. The molecule has 0 aliphatic heterocycles. The number of hydrogen-bond acceptors (Lipinski definition) is 3. The highest BCUT2D eigenvalue weighted by Crippen LogP contribution is 2.13. The van der Waals surface area contributed by atoms with E-state index in [1.54, 1.807) is 20.8 Å². The Balaban J connectivity index is 2.46. The molecule has 0 amide bonds. The molecule has 0 bridgehead atoms. The van der Waals surface area contributed by atoms with Crippen molar-refractivity contribution in [3.05, 3.63) is 35.4 Å². The zero-order valence-corrected chi connectivity index (χ0v) is 11.8. The number of carbonyl (C=O) groups is 2. The van der Waals surface area contributed by atoms with Crippen molar-refractivity contribution in [2.24, 2.45) is 0 Å². The van der Waals surface area contributed by atoms with Crippen molar-refractivity contribution >= 4 is 11.8 Å². The summed E-state index contributed by atoms with van der Waals surface area (Å²) in [5.41, 5.74) is -0.469. The molecule has 0 fully saturated rings. The maximum atomic E-state index is 13.3. The molecule has 3 nitrogen and oxygen atoms in total. The second-order valence-electron chi connectivity index (χ2n) is 5.54. The topological polar surface area (TPSA) is 43.4 Å². The van der Waals surface area contributed by atoms with Gasteiger partial charge in [0.15, 0.2) is 0 Å². The van der Waals surface area contributed by atoms with Crippen molar-refractivity contribution in [2.45, 2.75) is 45.6 Å². The van der Waals surface area contributed by atoms with Gasteiger partial charge >= 0.3 is 5.97 Å². The minimum Gasteiger partial charge on any atom is -0.460 e. The smallest absolute Gasteiger partial charge is 0.306 e. The number of halogens is 2. The molecule has 0 unspecified atom stereocenters. The Morgan fingerprint density at radius 1 is 1.15 bits per heavy atom. The van der Waals surface area contributed by atoms with Crippen LogP contribution < -0.4 is 0 Å². The van der Waals surface area contributed by atoms with E-state index in [2.05, 4.69) is 0 Å². The summed E-state index contributed by atoms with van der Waals surface area (Å²) in [6, 6.07) is 3.06. The maximum Gasteiger partial charge on any atom is 0.306 e. The van der Waals surface area contributed by atoms with Crippen LogP contribution in [0.4, 0.5) is 8.78 Å². The number of rotatable bonds is 5. The van der Waals surface area contributed by atoms with Gasteiger partial charge in [0.1, 0.15) is 23.0 Å². The maximum absolute atomic E-state index is 13.3. The van der Waals surface area contributed by atoms with E-state index in [9.17, 15) is 18.4 Å². The summed E-state index contributed by atoms with van der Waals surface area (Å²) in [6.45, 7) is 5.21. The molecule has 5 heteroatoms. The van der Waals surface area contributed by atoms with Crippen LogP contribution >= 0.6 is 0 Å². The molecule has 0 saturated heterocycles. The van der Waals surface area contributed by atoms with E-state index in [1.165, 1.54) is 6.07 Å². The monoisotopic (exact) mass is 284 g/mol. The fourth-order valence-corrected chi connectivity index (χ4v) is 1.60. The van der Waals surface area contributed by atoms with E-state index in [-0.39, 0.29) is 30.6 Å². The molecular weight excluding hydrogens is 266 g/mol. The van der Waals surface area contributed by atoms with Gasteiger partial charge in [0.2, 0.25) is 0 Å². The molecule has 1 aromatic carbocycles. The third-order valence-corrected chi connectivity index (χ3v) is 2.43. The molecule has 0 saturated carbocycles. The minimum absolute atomic E-state index is 0.0221. The predicted molar refractivity (Wildman–Crippen MR) is 70.1 cm³/mol. The Labute approximate surface area is 116 Å². The van der Waals surface area contributed by atoms with Gasteiger partial charge in [-0.3, -0.25) is 9.59 Å². The minimum atomic E-state index is -0.754. The highest BCUT2D eigenvalue weighted by Gasteiger charge is 2.17. The summed E-state index contributed by atoms with van der Waals surface area (Å²) in [7, 11) is 0. The summed E-state index contributed by atoms with van der Waals surface area (Å²) in [5.74, 6) is -2.20. The summed E-state index contributed by atoms with van der Waals surface area (Å²) < 4.78 is 31.1.